The lowest BCUT2D eigenvalue weighted by molar-refractivity contribution is -0.142. The topological polar surface area (TPSA) is 37.3 Å². The average molecular weight is 621 g/mol. The number of carboxylic acids is 1. The second kappa shape index (κ2) is 33.8. The molecule has 0 fully saturated rings. The molecule has 0 spiro atoms. The fraction of sp³-hybridized carbons (Fsp3) is 0.976. The first-order chi connectivity index (χ1) is 21.5. The van der Waals surface area contributed by atoms with Crippen molar-refractivity contribution < 1.29 is 9.90 Å². The van der Waals surface area contributed by atoms with Crippen molar-refractivity contribution in [1.29, 1.82) is 0 Å². The number of hydrogen-bond acceptors (Lipinski definition) is 1. The van der Waals surface area contributed by atoms with Crippen molar-refractivity contribution in [2.24, 2.45) is 11.3 Å². The van der Waals surface area contributed by atoms with Crippen LogP contribution in [0, 0.1) is 11.3 Å². The molecule has 0 aromatic heterocycles. The second-order valence-electron chi connectivity index (χ2n) is 15.0. The van der Waals surface area contributed by atoms with Crippen molar-refractivity contribution >= 4 is 5.97 Å². The highest BCUT2D eigenvalue weighted by Gasteiger charge is 2.28. The maximum atomic E-state index is 11.9. The highest BCUT2D eigenvalue weighted by atomic mass is 16.4. The Bertz CT molecular complexity index is 539. The van der Waals surface area contributed by atoms with E-state index in [9.17, 15) is 9.90 Å². The van der Waals surface area contributed by atoms with Gasteiger partial charge in [-0.05, 0) is 43.9 Å². The van der Waals surface area contributed by atoms with Crippen LogP contribution < -0.4 is 0 Å². The molecule has 0 radical (unpaired) electrons. The van der Waals surface area contributed by atoms with Crippen molar-refractivity contribution in [3.05, 3.63) is 0 Å². The molecular formula is C42H84O2. The van der Waals surface area contributed by atoms with Gasteiger partial charge in [-0.1, -0.05) is 214 Å². The maximum Gasteiger partial charge on any atom is 0.306 e. The van der Waals surface area contributed by atoms with Gasteiger partial charge in [0.05, 0.1) is 5.92 Å². The zero-order valence-electron chi connectivity index (χ0n) is 31.2. The summed E-state index contributed by atoms with van der Waals surface area (Å²) in [5.41, 5.74) is 0.595. The summed E-state index contributed by atoms with van der Waals surface area (Å²) in [6, 6.07) is 0. The average Bonchev–Trinajstić information content (AvgIpc) is 3.02. The van der Waals surface area contributed by atoms with Crippen LogP contribution in [0.1, 0.15) is 252 Å². The van der Waals surface area contributed by atoms with Gasteiger partial charge in [-0.15, -0.1) is 0 Å². The molecule has 1 N–H and O–H groups in total. The number of carbonyl (C=O) groups is 1. The molecule has 0 aliphatic heterocycles. The van der Waals surface area contributed by atoms with Gasteiger partial charge in [0, 0.05) is 0 Å². The van der Waals surface area contributed by atoms with Crippen LogP contribution in [-0.4, -0.2) is 11.1 Å². The van der Waals surface area contributed by atoms with Gasteiger partial charge in [0.1, 0.15) is 0 Å². The third-order valence-electron chi connectivity index (χ3n) is 10.7. The van der Waals surface area contributed by atoms with Crippen LogP contribution in [0.5, 0.6) is 0 Å². The zero-order valence-corrected chi connectivity index (χ0v) is 31.2. The monoisotopic (exact) mass is 621 g/mol. The summed E-state index contributed by atoms with van der Waals surface area (Å²) in [5, 5.41) is 9.79. The summed E-state index contributed by atoms with van der Waals surface area (Å²) in [5.74, 6) is -0.660. The first-order valence-electron chi connectivity index (χ1n) is 20.8. The molecule has 0 aliphatic rings. The molecule has 2 nitrogen and oxygen atoms in total. The van der Waals surface area contributed by atoms with E-state index in [1.54, 1.807) is 0 Å². The van der Waals surface area contributed by atoms with Gasteiger partial charge in [-0.2, -0.15) is 0 Å². The van der Waals surface area contributed by atoms with E-state index in [2.05, 4.69) is 27.7 Å². The first kappa shape index (κ1) is 43.5. The van der Waals surface area contributed by atoms with Crippen LogP contribution in [0.4, 0.5) is 0 Å². The second-order valence-corrected chi connectivity index (χ2v) is 15.0. The smallest absolute Gasteiger partial charge is 0.306 e. The fourth-order valence-corrected chi connectivity index (χ4v) is 7.57. The van der Waals surface area contributed by atoms with Gasteiger partial charge in [-0.3, -0.25) is 4.79 Å². The van der Waals surface area contributed by atoms with Crippen molar-refractivity contribution in [2.45, 2.75) is 252 Å². The highest BCUT2D eigenvalue weighted by Crippen LogP contribution is 2.42. The minimum Gasteiger partial charge on any atom is -0.481 e. The maximum absolute atomic E-state index is 11.9. The number of rotatable bonds is 37. The lowest BCUT2D eigenvalue weighted by Gasteiger charge is -2.35. The van der Waals surface area contributed by atoms with E-state index in [0.717, 1.165) is 25.7 Å². The van der Waals surface area contributed by atoms with E-state index in [4.69, 9.17) is 0 Å². The van der Waals surface area contributed by atoms with E-state index in [1.807, 2.05) is 0 Å². The Labute approximate surface area is 279 Å². The fourth-order valence-electron chi connectivity index (χ4n) is 7.57. The van der Waals surface area contributed by atoms with Crippen LogP contribution in [0.3, 0.4) is 0 Å². The third kappa shape index (κ3) is 27.8. The number of carboxylic acid groups (broad SMARTS) is 1. The quantitative estimate of drug-likeness (QED) is 0.0701. The molecule has 1 unspecified atom stereocenters. The molecule has 1 atom stereocenters. The zero-order chi connectivity index (χ0) is 32.4. The van der Waals surface area contributed by atoms with Gasteiger partial charge >= 0.3 is 5.97 Å². The van der Waals surface area contributed by atoms with Crippen LogP contribution in [0.25, 0.3) is 0 Å². The minimum atomic E-state index is -0.549. The lowest BCUT2D eigenvalue weighted by Crippen LogP contribution is -2.21. The SMILES string of the molecule is CCCCCCCCCCCCCCC(CCCCCCCC(CCCCCC)(CCCCCC)CCCCCC)C(=O)O. The molecule has 0 heterocycles. The predicted molar refractivity (Wildman–Crippen MR) is 198 cm³/mol. The normalized spacial score (nSPS) is 12.6. The van der Waals surface area contributed by atoms with Crippen LogP contribution in [-0.2, 0) is 4.79 Å². The Kier molecular flexibility index (Phi) is 33.4. The predicted octanol–water partition coefficient (Wildman–Crippen LogP) is 15.4. The van der Waals surface area contributed by atoms with Crippen molar-refractivity contribution in [1.82, 2.24) is 0 Å². The summed E-state index contributed by atoms with van der Waals surface area (Å²) >= 11 is 0. The molecule has 0 rings (SSSR count). The molecule has 44 heavy (non-hydrogen) atoms. The Morgan fingerprint density at radius 2 is 0.614 bits per heavy atom. The largest absolute Gasteiger partial charge is 0.481 e. The van der Waals surface area contributed by atoms with Crippen molar-refractivity contribution in [2.75, 3.05) is 0 Å². The summed E-state index contributed by atoms with van der Waals surface area (Å²) < 4.78 is 0. The van der Waals surface area contributed by atoms with Crippen molar-refractivity contribution in [3.63, 3.8) is 0 Å². The molecule has 0 aliphatic carbocycles. The molecule has 2 heteroatoms. The summed E-state index contributed by atoms with van der Waals surface area (Å²) in [7, 11) is 0. The minimum absolute atomic E-state index is 0.111. The number of unbranched alkanes of at least 4 members (excludes halogenated alkanes) is 24. The standard InChI is InChI=1S/C42H84O2/c1-5-9-13-17-18-19-20-21-22-23-25-28-34-40(41(43)44)35-29-26-24-27-33-39-42(36-30-14-10-6-2,37-31-15-11-7-3)38-32-16-12-8-4/h40H,5-39H2,1-4H3,(H,43,44). The molecule has 0 saturated heterocycles. The Morgan fingerprint density at radius 1 is 0.386 bits per heavy atom. The van der Waals surface area contributed by atoms with Crippen molar-refractivity contribution in [3.8, 4) is 0 Å². The molecule has 264 valence electrons. The van der Waals surface area contributed by atoms with E-state index in [1.165, 1.54) is 199 Å². The highest BCUT2D eigenvalue weighted by molar-refractivity contribution is 5.69. The van der Waals surface area contributed by atoms with Gasteiger partial charge in [-0.25, -0.2) is 0 Å². The van der Waals surface area contributed by atoms with Gasteiger partial charge < -0.3 is 5.11 Å². The van der Waals surface area contributed by atoms with Crippen LogP contribution >= 0.6 is 0 Å². The molecule has 0 amide bonds. The summed E-state index contributed by atoms with van der Waals surface area (Å²) in [6.45, 7) is 9.29. The number of hydrogen-bond donors (Lipinski definition) is 1. The summed E-state index contributed by atoms with van der Waals surface area (Å²) in [4.78, 5) is 11.9. The van der Waals surface area contributed by atoms with Crippen LogP contribution in [0.15, 0.2) is 0 Å². The molecule has 0 aromatic rings. The third-order valence-corrected chi connectivity index (χ3v) is 10.7. The van der Waals surface area contributed by atoms with E-state index >= 15 is 0 Å². The molecule has 0 bridgehead atoms. The Balaban J connectivity index is 4.31. The van der Waals surface area contributed by atoms with E-state index in [-0.39, 0.29) is 5.92 Å². The Morgan fingerprint density at radius 3 is 0.886 bits per heavy atom. The van der Waals surface area contributed by atoms with E-state index < -0.39 is 5.97 Å². The lowest BCUT2D eigenvalue weighted by atomic mass is 9.70. The molecule has 0 saturated carbocycles. The summed E-state index contributed by atoms with van der Waals surface area (Å²) in [6.07, 6.45) is 46.8. The molecule has 0 aromatic carbocycles. The van der Waals surface area contributed by atoms with Gasteiger partial charge in [0.15, 0.2) is 0 Å². The van der Waals surface area contributed by atoms with E-state index in [0.29, 0.717) is 5.41 Å². The molecular weight excluding hydrogens is 536 g/mol. The Hall–Kier alpha value is -0.530. The van der Waals surface area contributed by atoms with Gasteiger partial charge in [0.2, 0.25) is 0 Å². The van der Waals surface area contributed by atoms with Crippen LogP contribution in [0.2, 0.25) is 0 Å². The van der Waals surface area contributed by atoms with Gasteiger partial charge in [0.25, 0.3) is 0 Å². The first-order valence-corrected chi connectivity index (χ1v) is 20.8. The number of aliphatic carboxylic acids is 1.